The van der Waals surface area contributed by atoms with Gasteiger partial charge in [-0.25, -0.2) is 4.98 Å². The van der Waals surface area contributed by atoms with Crippen molar-refractivity contribution < 1.29 is 5.11 Å². The Kier molecular flexibility index (Phi) is 5.47. The fourth-order valence-corrected chi connectivity index (χ4v) is 7.95. The van der Waals surface area contributed by atoms with E-state index in [1.165, 1.54) is 42.6 Å². The molecule has 33 heavy (non-hydrogen) atoms. The van der Waals surface area contributed by atoms with Gasteiger partial charge in [-0.2, -0.15) is 0 Å². The summed E-state index contributed by atoms with van der Waals surface area (Å²) < 4.78 is 0. The normalized spacial score (nSPS) is 29.6. The van der Waals surface area contributed by atoms with Crippen molar-refractivity contribution in [3.63, 3.8) is 0 Å². The molecule has 3 atom stereocenters. The molecule has 1 saturated carbocycles. The minimum Gasteiger partial charge on any atom is -0.510 e. The molecule has 2 aromatic rings. The maximum atomic E-state index is 10.8. The first-order chi connectivity index (χ1) is 15.6. The Morgan fingerprint density at radius 2 is 2.06 bits per heavy atom. The maximum Gasteiger partial charge on any atom is 0.135 e. The number of aliphatic hydroxyl groups excluding tert-OH is 1. The second kappa shape index (κ2) is 7.97. The Labute approximate surface area is 202 Å². The monoisotopic (exact) mass is 463 g/mol. The van der Waals surface area contributed by atoms with Crippen LogP contribution in [0, 0.1) is 23.7 Å². The smallest absolute Gasteiger partial charge is 0.135 e. The molecule has 1 aliphatic heterocycles. The third-order valence-electron chi connectivity index (χ3n) is 8.74. The average Bonchev–Trinajstić information content (AvgIpc) is 3.29. The minimum atomic E-state index is 0.113. The number of amidine groups is 1. The van der Waals surface area contributed by atoms with Crippen LogP contribution < -0.4 is 0 Å². The second-order valence-corrected chi connectivity index (χ2v) is 12.3. The Bertz CT molecular complexity index is 1130. The first kappa shape index (κ1) is 22.6. The molecular formula is C28H37N3OS. The number of fused-ring (bicyclic) bond motifs is 3. The molecule has 5 heteroatoms. The highest BCUT2D eigenvalue weighted by Crippen LogP contribution is 2.57. The first-order valence-corrected chi connectivity index (χ1v) is 13.3. The number of aromatic nitrogens is 1. The molecule has 1 aromatic carbocycles. The van der Waals surface area contributed by atoms with Gasteiger partial charge in [0.15, 0.2) is 0 Å². The van der Waals surface area contributed by atoms with E-state index in [1.807, 2.05) is 12.3 Å². The topological polar surface area (TPSA) is 60.2 Å². The molecule has 0 spiro atoms. The van der Waals surface area contributed by atoms with Gasteiger partial charge in [0.1, 0.15) is 16.6 Å². The largest absolute Gasteiger partial charge is 0.510 e. The number of nitrogens with one attached hydrogen (secondary N) is 1. The van der Waals surface area contributed by atoms with E-state index in [9.17, 15) is 5.11 Å². The predicted octanol–water partition coefficient (Wildman–Crippen LogP) is 6.85. The zero-order valence-corrected chi connectivity index (χ0v) is 21.5. The molecule has 1 fully saturated rings. The van der Waals surface area contributed by atoms with Crippen LogP contribution in [0.4, 0.5) is 0 Å². The van der Waals surface area contributed by atoms with E-state index in [-0.39, 0.29) is 10.8 Å². The highest BCUT2D eigenvalue weighted by molar-refractivity contribution is 7.11. The van der Waals surface area contributed by atoms with Crippen LogP contribution >= 0.6 is 11.3 Å². The predicted molar refractivity (Wildman–Crippen MR) is 137 cm³/mol. The molecule has 5 rings (SSSR count). The van der Waals surface area contributed by atoms with Crippen molar-refractivity contribution in [3.8, 4) is 0 Å². The van der Waals surface area contributed by atoms with Gasteiger partial charge in [0.05, 0.1) is 12.1 Å². The SMILES string of the molecule is Cc1csc(C2=C(O)CN(CC3(C)CCCC4(C)c5ccc(C(C)C)cc5CCC34)C2=N)n1. The number of rotatable bonds is 4. The fourth-order valence-electron chi connectivity index (χ4n) is 7.09. The Morgan fingerprint density at radius 3 is 2.76 bits per heavy atom. The zero-order valence-electron chi connectivity index (χ0n) is 20.7. The minimum absolute atomic E-state index is 0.113. The summed E-state index contributed by atoms with van der Waals surface area (Å²) in [7, 11) is 0. The summed E-state index contributed by atoms with van der Waals surface area (Å²) in [6.45, 7) is 12.7. The molecule has 1 aromatic heterocycles. The van der Waals surface area contributed by atoms with E-state index in [0.29, 0.717) is 35.5 Å². The lowest BCUT2D eigenvalue weighted by atomic mass is 9.49. The van der Waals surface area contributed by atoms with Crippen LogP contribution in [-0.2, 0) is 11.8 Å². The summed E-state index contributed by atoms with van der Waals surface area (Å²) in [5.74, 6) is 1.88. The van der Waals surface area contributed by atoms with Crippen molar-refractivity contribution in [2.75, 3.05) is 13.1 Å². The number of aliphatic hydroxyl groups is 1. The van der Waals surface area contributed by atoms with E-state index in [1.54, 1.807) is 11.1 Å². The third kappa shape index (κ3) is 3.63. The van der Waals surface area contributed by atoms with Crippen LogP contribution in [0.3, 0.4) is 0 Å². The third-order valence-corrected chi connectivity index (χ3v) is 9.71. The van der Waals surface area contributed by atoms with Crippen LogP contribution in [0.15, 0.2) is 29.3 Å². The van der Waals surface area contributed by atoms with Gasteiger partial charge in [0.25, 0.3) is 0 Å². The van der Waals surface area contributed by atoms with Crippen molar-refractivity contribution in [2.45, 2.75) is 78.1 Å². The van der Waals surface area contributed by atoms with Gasteiger partial charge < -0.3 is 10.0 Å². The molecule has 176 valence electrons. The van der Waals surface area contributed by atoms with E-state index in [0.717, 1.165) is 23.7 Å². The molecule has 0 radical (unpaired) electrons. The summed E-state index contributed by atoms with van der Waals surface area (Å²) in [4.78, 5) is 6.65. The van der Waals surface area contributed by atoms with Crippen LogP contribution in [0.2, 0.25) is 0 Å². The highest BCUT2D eigenvalue weighted by Gasteiger charge is 2.52. The maximum absolute atomic E-state index is 10.8. The van der Waals surface area contributed by atoms with Crippen molar-refractivity contribution >= 4 is 22.7 Å². The van der Waals surface area contributed by atoms with E-state index in [4.69, 9.17) is 5.41 Å². The summed E-state index contributed by atoms with van der Waals surface area (Å²) >= 11 is 1.52. The number of benzene rings is 1. The lowest BCUT2D eigenvalue weighted by molar-refractivity contribution is 0.0108. The number of hydrogen-bond donors (Lipinski definition) is 2. The summed E-state index contributed by atoms with van der Waals surface area (Å²) in [6, 6.07) is 7.24. The zero-order chi connectivity index (χ0) is 23.5. The first-order valence-electron chi connectivity index (χ1n) is 12.4. The lowest BCUT2D eigenvalue weighted by Gasteiger charge is -2.56. The molecule has 2 heterocycles. The Hall–Kier alpha value is -2.14. The fraction of sp³-hybridized carbons (Fsp3) is 0.571. The molecule has 0 saturated heterocycles. The molecular weight excluding hydrogens is 426 g/mol. The lowest BCUT2D eigenvalue weighted by Crippen LogP contribution is -2.53. The van der Waals surface area contributed by atoms with E-state index >= 15 is 0 Å². The van der Waals surface area contributed by atoms with Gasteiger partial charge in [-0.15, -0.1) is 11.3 Å². The molecule has 0 amide bonds. The van der Waals surface area contributed by atoms with Crippen LogP contribution in [0.1, 0.15) is 86.7 Å². The standard InChI is InChI=1S/C28H37N3OS/c1-17(2)19-7-9-21-20(13-19)8-10-23-27(4,11-6-12-28(21,23)5)16-31-14-22(32)24(25(31)29)26-30-18(3)15-33-26/h7,9,13,15,17,23,29,32H,6,8,10-12,14,16H2,1-5H3. The highest BCUT2D eigenvalue weighted by atomic mass is 32.1. The molecule has 2 N–H and O–H groups in total. The number of hydrogen-bond acceptors (Lipinski definition) is 4. The summed E-state index contributed by atoms with van der Waals surface area (Å²) in [6.07, 6.45) is 6.00. The van der Waals surface area contributed by atoms with E-state index < -0.39 is 0 Å². The Morgan fingerprint density at radius 1 is 1.27 bits per heavy atom. The summed E-state index contributed by atoms with van der Waals surface area (Å²) in [5.41, 5.74) is 6.43. The summed E-state index contributed by atoms with van der Waals surface area (Å²) in [5, 5.41) is 22.4. The second-order valence-electron chi connectivity index (χ2n) is 11.4. The van der Waals surface area contributed by atoms with Crippen LogP contribution in [-0.4, -0.2) is 33.9 Å². The quantitative estimate of drug-likeness (QED) is 0.521. The molecule has 3 unspecified atom stereocenters. The van der Waals surface area contributed by atoms with Gasteiger partial charge >= 0.3 is 0 Å². The van der Waals surface area contributed by atoms with Crippen molar-refractivity contribution in [1.82, 2.24) is 9.88 Å². The van der Waals surface area contributed by atoms with Crippen LogP contribution in [0.25, 0.3) is 5.57 Å². The van der Waals surface area contributed by atoms with Crippen molar-refractivity contribution in [1.29, 1.82) is 5.41 Å². The molecule has 0 bridgehead atoms. The Balaban J connectivity index is 1.42. The van der Waals surface area contributed by atoms with Crippen molar-refractivity contribution in [2.24, 2.45) is 11.3 Å². The van der Waals surface area contributed by atoms with E-state index in [2.05, 4.69) is 55.8 Å². The molecule has 2 aliphatic carbocycles. The van der Waals surface area contributed by atoms with Gasteiger partial charge in [-0.05, 0) is 72.0 Å². The van der Waals surface area contributed by atoms with Gasteiger partial charge in [0.2, 0.25) is 0 Å². The molecule has 3 aliphatic rings. The number of nitrogens with zero attached hydrogens (tertiary/aromatic N) is 2. The number of aryl methyl sites for hydroxylation is 2. The van der Waals surface area contributed by atoms with Gasteiger partial charge in [-0.1, -0.05) is 52.3 Å². The average molecular weight is 464 g/mol. The molecule has 4 nitrogen and oxygen atoms in total. The van der Waals surface area contributed by atoms with Crippen LogP contribution in [0.5, 0.6) is 0 Å². The van der Waals surface area contributed by atoms with Crippen molar-refractivity contribution in [3.05, 3.63) is 56.7 Å². The van der Waals surface area contributed by atoms with Gasteiger partial charge in [-0.3, -0.25) is 5.41 Å². The number of thiazole rings is 1. The van der Waals surface area contributed by atoms with Gasteiger partial charge in [0, 0.05) is 17.6 Å².